The van der Waals surface area contributed by atoms with Gasteiger partial charge in [0.05, 0.1) is 18.2 Å². The highest BCUT2D eigenvalue weighted by atomic mass is 19.4. The van der Waals surface area contributed by atoms with Gasteiger partial charge in [-0.15, -0.1) is 0 Å². The van der Waals surface area contributed by atoms with E-state index < -0.39 is 11.7 Å². The molecule has 1 aromatic carbocycles. The molecule has 1 aliphatic carbocycles. The number of hydrogen-bond donors (Lipinski definition) is 2. The monoisotopic (exact) mass is 590 g/mol. The number of nitrogens with one attached hydrogen (secondary N) is 1. The minimum Gasteiger partial charge on any atom is -0.370 e. The third-order valence-corrected chi connectivity index (χ3v) is 9.63. The molecule has 2 atom stereocenters. The van der Waals surface area contributed by atoms with Crippen LogP contribution in [0, 0.1) is 11.3 Å². The number of nitrogens with zero attached hydrogens (tertiary/aromatic N) is 4. The summed E-state index contributed by atoms with van der Waals surface area (Å²) in [6.45, 7) is 6.32. The lowest BCUT2D eigenvalue weighted by molar-refractivity contribution is -0.137. The van der Waals surface area contributed by atoms with E-state index in [0.717, 1.165) is 57.3 Å². The Morgan fingerprint density at radius 1 is 0.905 bits per heavy atom. The van der Waals surface area contributed by atoms with Crippen molar-refractivity contribution < 1.29 is 13.2 Å². The van der Waals surface area contributed by atoms with Gasteiger partial charge in [-0.3, -0.25) is 10.4 Å². The third-order valence-electron chi connectivity index (χ3n) is 9.63. The summed E-state index contributed by atoms with van der Waals surface area (Å²) in [6.07, 6.45) is 13.6. The summed E-state index contributed by atoms with van der Waals surface area (Å²) >= 11 is 0. The Morgan fingerprint density at radius 2 is 1.64 bits per heavy atom. The molecule has 1 aromatic rings. The molecule has 0 amide bonds. The lowest BCUT2D eigenvalue weighted by atomic mass is 9.86. The summed E-state index contributed by atoms with van der Waals surface area (Å²) in [6, 6.07) is 6.21. The third kappa shape index (κ3) is 9.27. The molecular formula is C33H53F3N6. The van der Waals surface area contributed by atoms with Gasteiger partial charge < -0.3 is 20.4 Å². The van der Waals surface area contributed by atoms with E-state index in [-0.39, 0.29) is 6.04 Å². The van der Waals surface area contributed by atoms with Gasteiger partial charge in [0.1, 0.15) is 0 Å². The predicted molar refractivity (Wildman–Crippen MR) is 166 cm³/mol. The highest BCUT2D eigenvalue weighted by molar-refractivity contribution is 5.80. The number of halogens is 3. The van der Waals surface area contributed by atoms with Crippen LogP contribution in [0.4, 0.5) is 13.2 Å². The fourth-order valence-electron chi connectivity index (χ4n) is 7.11. The van der Waals surface area contributed by atoms with Gasteiger partial charge in [0.15, 0.2) is 11.9 Å². The van der Waals surface area contributed by atoms with Crippen LogP contribution in [0.2, 0.25) is 0 Å². The molecule has 0 bridgehead atoms. The van der Waals surface area contributed by atoms with Crippen LogP contribution in [0.25, 0.3) is 0 Å². The second kappa shape index (κ2) is 15.9. The number of hydrogen-bond acceptors (Lipinski definition) is 4. The molecule has 6 nitrogen and oxygen atoms in total. The fraction of sp³-hybridized carbons (Fsp3) is 0.758. The summed E-state index contributed by atoms with van der Waals surface area (Å²) in [4.78, 5) is 11.2. The highest BCUT2D eigenvalue weighted by Crippen LogP contribution is 2.30. The van der Waals surface area contributed by atoms with Crippen LogP contribution in [0.15, 0.2) is 29.3 Å². The van der Waals surface area contributed by atoms with Crippen molar-refractivity contribution in [3.05, 3.63) is 35.4 Å². The second-order valence-corrected chi connectivity index (χ2v) is 12.7. The molecular weight excluding hydrogens is 537 g/mol. The normalized spacial score (nSPS) is 22.0. The molecule has 4 rings (SSSR count). The van der Waals surface area contributed by atoms with Crippen molar-refractivity contribution >= 4 is 11.9 Å². The van der Waals surface area contributed by atoms with Crippen molar-refractivity contribution in [3.8, 4) is 0 Å². The van der Waals surface area contributed by atoms with E-state index in [1.54, 1.807) is 6.07 Å². The summed E-state index contributed by atoms with van der Waals surface area (Å²) < 4.78 is 39.3. The first-order valence-electron chi connectivity index (χ1n) is 16.6. The minimum atomic E-state index is -4.33. The van der Waals surface area contributed by atoms with Gasteiger partial charge in [-0.2, -0.15) is 13.2 Å². The molecule has 42 heavy (non-hydrogen) atoms. The van der Waals surface area contributed by atoms with Gasteiger partial charge in [0, 0.05) is 32.2 Å². The maximum absolute atomic E-state index is 13.1. The molecule has 9 heteroatoms. The van der Waals surface area contributed by atoms with Gasteiger partial charge in [-0.1, -0.05) is 82.9 Å². The van der Waals surface area contributed by atoms with Gasteiger partial charge in [0.2, 0.25) is 0 Å². The van der Waals surface area contributed by atoms with Gasteiger partial charge in [-0.25, -0.2) is 0 Å². The Kier molecular flexibility index (Phi) is 12.3. The summed E-state index contributed by atoms with van der Waals surface area (Å²) in [5.74, 6) is 2.14. The van der Waals surface area contributed by atoms with Crippen molar-refractivity contribution in [1.29, 1.82) is 5.41 Å². The number of rotatable bonds is 16. The Bertz CT molecular complexity index is 1010. The Morgan fingerprint density at radius 3 is 2.40 bits per heavy atom. The van der Waals surface area contributed by atoms with E-state index in [1.165, 1.54) is 76.3 Å². The molecule has 1 unspecified atom stereocenters. The largest absolute Gasteiger partial charge is 0.416 e. The molecule has 236 valence electrons. The number of unbranched alkanes of at least 4 members (excludes halogenated alkanes) is 3. The molecule has 3 N–H and O–H groups in total. The first-order valence-corrected chi connectivity index (χ1v) is 16.6. The van der Waals surface area contributed by atoms with Crippen molar-refractivity contribution in [1.82, 2.24) is 14.7 Å². The summed E-state index contributed by atoms with van der Waals surface area (Å²) in [5.41, 5.74) is 6.22. The van der Waals surface area contributed by atoms with Crippen LogP contribution in [0.3, 0.4) is 0 Å². The number of aliphatic imine (C=N–C) groups is 1. The molecule has 2 aliphatic heterocycles. The summed E-state index contributed by atoms with van der Waals surface area (Å²) in [5, 5.41) is 8.95. The maximum Gasteiger partial charge on any atom is 0.416 e. The standard InChI is InChI=1S/C33H53F3N6/c1-2-3-17-30-25-40(32(38)42(30)21-10-7-14-26-12-5-4-6-13-26)20-9-8-18-29-24-39-31(37)41(29)22-19-27-15-11-16-28(23-27)33(34,35)36/h11,15-16,23,26,29-30,38H,2-10,12-14,17-22,24-25H2,1H3,(H2,37,39)/t29?,30-/m0/s1. The zero-order valence-corrected chi connectivity index (χ0v) is 25.7. The van der Waals surface area contributed by atoms with Crippen LogP contribution in [0.1, 0.15) is 108 Å². The van der Waals surface area contributed by atoms with E-state index in [0.29, 0.717) is 43.0 Å². The first-order chi connectivity index (χ1) is 20.3. The lowest BCUT2D eigenvalue weighted by Gasteiger charge is -2.27. The summed E-state index contributed by atoms with van der Waals surface area (Å²) in [7, 11) is 0. The van der Waals surface area contributed by atoms with E-state index in [2.05, 4.69) is 26.6 Å². The zero-order chi connectivity index (χ0) is 30.0. The van der Waals surface area contributed by atoms with E-state index >= 15 is 0 Å². The maximum atomic E-state index is 13.1. The van der Waals surface area contributed by atoms with Gasteiger partial charge in [0.25, 0.3) is 0 Å². The smallest absolute Gasteiger partial charge is 0.370 e. The molecule has 1 saturated carbocycles. The molecule has 0 aromatic heterocycles. The van der Waals surface area contributed by atoms with Gasteiger partial charge in [-0.05, 0) is 56.1 Å². The van der Waals surface area contributed by atoms with Crippen molar-refractivity contribution in [2.24, 2.45) is 16.6 Å². The van der Waals surface area contributed by atoms with Crippen LogP contribution >= 0.6 is 0 Å². The molecule has 1 saturated heterocycles. The minimum absolute atomic E-state index is 0.187. The number of guanidine groups is 2. The van der Waals surface area contributed by atoms with Crippen LogP contribution < -0.4 is 5.73 Å². The van der Waals surface area contributed by atoms with Crippen molar-refractivity contribution in [2.75, 3.05) is 32.7 Å². The first kappa shape index (κ1) is 32.5. The molecule has 2 fully saturated rings. The highest BCUT2D eigenvalue weighted by Gasteiger charge is 2.34. The van der Waals surface area contributed by atoms with Crippen LogP contribution in [-0.4, -0.2) is 71.4 Å². The quantitative estimate of drug-likeness (QED) is 0.199. The Hall–Kier alpha value is -2.45. The van der Waals surface area contributed by atoms with Gasteiger partial charge >= 0.3 is 6.18 Å². The predicted octanol–water partition coefficient (Wildman–Crippen LogP) is 7.28. The molecule has 0 radical (unpaired) electrons. The molecule has 2 heterocycles. The topological polar surface area (TPSA) is 72.0 Å². The second-order valence-electron chi connectivity index (χ2n) is 12.7. The Labute approximate surface area is 251 Å². The molecule has 0 spiro atoms. The van der Waals surface area contributed by atoms with E-state index in [9.17, 15) is 13.2 Å². The van der Waals surface area contributed by atoms with Crippen LogP contribution in [-0.2, 0) is 12.6 Å². The Balaban J connectivity index is 1.19. The van der Waals surface area contributed by atoms with Crippen molar-refractivity contribution in [2.45, 2.75) is 121 Å². The number of benzene rings is 1. The number of alkyl halides is 3. The SMILES string of the molecule is CCCC[C@H]1CN(CCCCC2CN=C(N)N2CCc2cccc(C(F)(F)F)c2)C(=N)N1CCCCC1CCCCC1. The number of nitrogens with two attached hydrogens (primary N) is 1. The fourth-order valence-corrected chi connectivity index (χ4v) is 7.11. The van der Waals surface area contributed by atoms with E-state index in [4.69, 9.17) is 11.1 Å². The zero-order valence-electron chi connectivity index (χ0n) is 25.7. The average molecular weight is 591 g/mol. The van der Waals surface area contributed by atoms with E-state index in [1.807, 2.05) is 0 Å². The van der Waals surface area contributed by atoms with Crippen molar-refractivity contribution in [3.63, 3.8) is 0 Å². The lowest BCUT2D eigenvalue weighted by Crippen LogP contribution is -2.42. The molecule has 3 aliphatic rings. The van der Waals surface area contributed by atoms with Crippen LogP contribution in [0.5, 0.6) is 0 Å². The average Bonchev–Trinajstić information content (AvgIpc) is 3.48.